The van der Waals surface area contributed by atoms with E-state index in [2.05, 4.69) is 15.5 Å². The smallest absolute Gasteiger partial charge is 0.401 e. The Morgan fingerprint density at radius 3 is 2.52 bits per heavy atom. The lowest BCUT2D eigenvalue weighted by molar-refractivity contribution is -0.155. The number of hydrogen-bond donors (Lipinski definition) is 2. The molecule has 3 aromatic rings. The first-order chi connectivity index (χ1) is 22.0. The number of alkyl halides is 3. The number of aromatic nitrogens is 2. The third kappa shape index (κ3) is 6.92. The van der Waals surface area contributed by atoms with E-state index in [0.717, 1.165) is 86.0 Å². The van der Waals surface area contributed by atoms with E-state index in [0.29, 0.717) is 17.6 Å². The molecule has 1 aromatic heterocycles. The van der Waals surface area contributed by atoms with Gasteiger partial charge in [-0.2, -0.15) is 18.3 Å². The Morgan fingerprint density at radius 2 is 1.83 bits per heavy atom. The van der Waals surface area contributed by atoms with Crippen LogP contribution < -0.4 is 10.1 Å². The van der Waals surface area contributed by atoms with Crippen molar-refractivity contribution in [2.75, 3.05) is 32.8 Å². The first-order valence-electron chi connectivity index (χ1n) is 16.1. The van der Waals surface area contributed by atoms with E-state index in [1.165, 1.54) is 0 Å². The number of nitrogens with one attached hydrogen (secondary N) is 2. The molecule has 1 saturated heterocycles. The molecule has 3 aliphatic rings. The van der Waals surface area contributed by atoms with Gasteiger partial charge in [0.1, 0.15) is 24.0 Å². The summed E-state index contributed by atoms with van der Waals surface area (Å²) in [5, 5.41) is 11.2. The van der Waals surface area contributed by atoms with Gasteiger partial charge in [0.05, 0.1) is 29.8 Å². The Labute approximate surface area is 265 Å². The van der Waals surface area contributed by atoms with E-state index >= 15 is 8.78 Å². The summed E-state index contributed by atoms with van der Waals surface area (Å²) in [6.45, 7) is 2.49. The lowest BCUT2D eigenvalue weighted by atomic mass is 9.82. The molecule has 248 valence electrons. The molecule has 12 heteroatoms. The van der Waals surface area contributed by atoms with Gasteiger partial charge in [-0.15, -0.1) is 0 Å². The number of nitrogens with zero attached hydrogens (tertiary/aromatic N) is 3. The van der Waals surface area contributed by atoms with Crippen LogP contribution in [0.15, 0.2) is 42.6 Å². The van der Waals surface area contributed by atoms with Crippen LogP contribution in [-0.2, 0) is 11.2 Å². The number of fused-ring (bicyclic) bond motifs is 3. The Balaban J connectivity index is 1.23. The minimum Gasteiger partial charge on any atom is -0.491 e. The van der Waals surface area contributed by atoms with Crippen molar-refractivity contribution in [1.29, 1.82) is 0 Å². The van der Waals surface area contributed by atoms with Crippen LogP contribution in [0.25, 0.3) is 10.9 Å². The number of amides is 1. The molecule has 0 unspecified atom stereocenters. The van der Waals surface area contributed by atoms with Crippen LogP contribution in [0.2, 0.25) is 0 Å². The summed E-state index contributed by atoms with van der Waals surface area (Å²) >= 11 is 0. The minimum absolute atomic E-state index is 0.00255. The summed E-state index contributed by atoms with van der Waals surface area (Å²) in [5.74, 6) is -1.96. The molecule has 6 rings (SSSR count). The molecule has 3 heterocycles. The number of hydrogen-bond acceptors (Lipinski definition) is 5. The molecule has 0 spiro atoms. The van der Waals surface area contributed by atoms with Crippen molar-refractivity contribution in [3.05, 3.63) is 70.9 Å². The van der Waals surface area contributed by atoms with Crippen molar-refractivity contribution in [3.8, 4) is 5.75 Å². The molecule has 2 N–H and O–H groups in total. The maximum absolute atomic E-state index is 16.0. The van der Waals surface area contributed by atoms with Crippen LogP contribution in [0.5, 0.6) is 5.75 Å². The third-order valence-electron chi connectivity index (χ3n) is 9.75. The third-order valence-corrected chi connectivity index (χ3v) is 9.75. The lowest BCUT2D eigenvalue weighted by Gasteiger charge is -2.42. The van der Waals surface area contributed by atoms with E-state index in [1.54, 1.807) is 37.4 Å². The van der Waals surface area contributed by atoms with Gasteiger partial charge < -0.3 is 15.0 Å². The molecule has 46 heavy (non-hydrogen) atoms. The van der Waals surface area contributed by atoms with Gasteiger partial charge >= 0.3 is 6.18 Å². The second-order valence-corrected chi connectivity index (χ2v) is 13.0. The molecular formula is C34H40F5N5O2. The Bertz CT molecular complexity index is 1550. The fourth-order valence-electron chi connectivity index (χ4n) is 7.40. The van der Waals surface area contributed by atoms with Crippen LogP contribution >= 0.6 is 0 Å². The van der Waals surface area contributed by atoms with Crippen LogP contribution in [0.1, 0.15) is 74.6 Å². The number of ether oxygens (including phenoxy) is 1. The molecule has 2 aromatic carbocycles. The average Bonchev–Trinajstić information content (AvgIpc) is 3.73. The summed E-state index contributed by atoms with van der Waals surface area (Å²) in [6, 6.07) is 3.51. The number of rotatable bonds is 9. The van der Waals surface area contributed by atoms with Crippen LogP contribution in [0.3, 0.4) is 0 Å². The second-order valence-electron chi connectivity index (χ2n) is 13.0. The highest BCUT2D eigenvalue weighted by atomic mass is 19.4. The van der Waals surface area contributed by atoms with E-state index in [-0.39, 0.29) is 24.7 Å². The predicted molar refractivity (Wildman–Crippen MR) is 164 cm³/mol. The molecule has 2 fully saturated rings. The van der Waals surface area contributed by atoms with Crippen molar-refractivity contribution in [1.82, 2.24) is 25.3 Å². The van der Waals surface area contributed by atoms with Crippen LogP contribution in [-0.4, -0.2) is 76.4 Å². The van der Waals surface area contributed by atoms with Gasteiger partial charge in [0, 0.05) is 54.8 Å². The van der Waals surface area contributed by atoms with E-state index in [1.807, 2.05) is 4.90 Å². The first-order valence-corrected chi connectivity index (χ1v) is 16.1. The molecule has 0 bridgehead atoms. The van der Waals surface area contributed by atoms with Gasteiger partial charge in [-0.05, 0) is 56.2 Å². The summed E-state index contributed by atoms with van der Waals surface area (Å²) in [4.78, 5) is 15.3. The standard InChI is InChI=1S/C34H40F5N5O2/c1-22-16-25-24(9-10-29-26(25)19-41-42-29)32(44(22)20-34(37,38)39)31-27(35)17-23(18-28(31)36)46-21-33(11-3-2-4-12-33)40-13-7-8-30(45)43-14-5-6-15-43/h7-10,17-19,22,32,40H,2-6,11-16,20-21H2,1H3,(H,41,42)/b8-7+/t22-,32+/m1/s1. The van der Waals surface area contributed by atoms with E-state index in [4.69, 9.17) is 4.74 Å². The lowest BCUT2D eigenvalue weighted by Crippen LogP contribution is -2.51. The summed E-state index contributed by atoms with van der Waals surface area (Å²) in [5.41, 5.74) is 0.970. The maximum atomic E-state index is 16.0. The van der Waals surface area contributed by atoms with Crippen molar-refractivity contribution in [2.24, 2.45) is 0 Å². The van der Waals surface area contributed by atoms with Gasteiger partial charge in [0.15, 0.2) is 0 Å². The molecule has 1 saturated carbocycles. The van der Waals surface area contributed by atoms with Crippen LogP contribution in [0.4, 0.5) is 22.0 Å². The highest BCUT2D eigenvalue weighted by molar-refractivity contribution is 5.87. The molecular weight excluding hydrogens is 605 g/mol. The quantitative estimate of drug-likeness (QED) is 0.203. The Morgan fingerprint density at radius 1 is 1.11 bits per heavy atom. The number of aromatic amines is 1. The average molecular weight is 646 g/mol. The van der Waals surface area contributed by atoms with Gasteiger partial charge in [0.25, 0.3) is 0 Å². The summed E-state index contributed by atoms with van der Waals surface area (Å²) in [6.07, 6.45) is 7.34. The van der Waals surface area contributed by atoms with Crippen molar-refractivity contribution >= 4 is 16.8 Å². The van der Waals surface area contributed by atoms with Gasteiger partial charge in [-0.25, -0.2) is 8.78 Å². The second kappa shape index (κ2) is 13.3. The van der Waals surface area contributed by atoms with Gasteiger partial charge in [-0.3, -0.25) is 14.8 Å². The van der Waals surface area contributed by atoms with Gasteiger partial charge in [-0.1, -0.05) is 31.4 Å². The van der Waals surface area contributed by atoms with E-state index < -0.39 is 47.5 Å². The number of halogens is 5. The topological polar surface area (TPSA) is 73.5 Å². The number of benzene rings is 2. The molecule has 1 amide bonds. The zero-order chi connectivity index (χ0) is 32.5. The normalized spacial score (nSPS) is 22.1. The number of likely N-dealkylation sites (tertiary alicyclic amines) is 1. The molecule has 1 aliphatic carbocycles. The number of carbonyl (C=O) groups excluding carboxylic acids is 1. The van der Waals surface area contributed by atoms with Crippen LogP contribution in [0, 0.1) is 11.6 Å². The molecule has 0 radical (unpaired) electrons. The Kier molecular flexibility index (Phi) is 9.38. The highest BCUT2D eigenvalue weighted by Gasteiger charge is 2.43. The highest BCUT2D eigenvalue weighted by Crippen LogP contribution is 2.44. The maximum Gasteiger partial charge on any atom is 0.401 e. The van der Waals surface area contributed by atoms with Crippen molar-refractivity contribution < 1.29 is 31.5 Å². The SMILES string of the molecule is C[C@@H]1Cc2c(ccc3[nH]ncc23)[C@@H](c2c(F)cc(OCC3(NC/C=C/C(=O)N4CCCC4)CCCCC3)cc2F)N1CC(F)(F)F. The molecule has 2 aliphatic heterocycles. The fourth-order valence-corrected chi connectivity index (χ4v) is 7.40. The summed E-state index contributed by atoms with van der Waals surface area (Å²) < 4.78 is 79.3. The predicted octanol–water partition coefficient (Wildman–Crippen LogP) is 6.59. The Hall–Kier alpha value is -3.51. The molecule has 2 atom stereocenters. The monoisotopic (exact) mass is 645 g/mol. The summed E-state index contributed by atoms with van der Waals surface area (Å²) in [7, 11) is 0. The van der Waals surface area contributed by atoms with Gasteiger partial charge in [0.2, 0.25) is 5.91 Å². The number of H-pyrrole nitrogens is 1. The van der Waals surface area contributed by atoms with Crippen molar-refractivity contribution in [3.63, 3.8) is 0 Å². The first kappa shape index (κ1) is 32.4. The fraction of sp³-hybridized carbons (Fsp3) is 0.529. The zero-order valence-corrected chi connectivity index (χ0v) is 25.9. The molecule has 7 nitrogen and oxygen atoms in total. The minimum atomic E-state index is -4.57. The number of carbonyl (C=O) groups is 1. The van der Waals surface area contributed by atoms with E-state index in [9.17, 15) is 18.0 Å². The van der Waals surface area contributed by atoms with Crippen molar-refractivity contribution in [2.45, 2.75) is 82.1 Å². The zero-order valence-electron chi connectivity index (χ0n) is 25.9. The largest absolute Gasteiger partial charge is 0.491 e.